The number of anilines is 2. The molecular formula is C29H30BrN. The second-order valence-corrected chi connectivity index (χ2v) is 10.8. The van der Waals surface area contributed by atoms with Crippen LogP contribution in [-0.2, 0) is 5.41 Å². The molecule has 3 aromatic carbocycles. The molecule has 158 valence electrons. The zero-order chi connectivity index (χ0) is 22.1. The molecule has 0 aliphatic heterocycles. The second-order valence-electron chi connectivity index (χ2n) is 9.38. The van der Waals surface area contributed by atoms with Crippen LogP contribution >= 0.6 is 15.9 Å². The highest BCUT2D eigenvalue weighted by molar-refractivity contribution is 9.10. The fourth-order valence-electron chi connectivity index (χ4n) is 4.08. The summed E-state index contributed by atoms with van der Waals surface area (Å²) >= 11 is 4.15. The number of halogens is 1. The van der Waals surface area contributed by atoms with Crippen molar-refractivity contribution in [2.75, 3.05) is 4.90 Å². The summed E-state index contributed by atoms with van der Waals surface area (Å²) in [7, 11) is 0. The largest absolute Gasteiger partial charge is 0.322 e. The number of allylic oxidation sites excluding steroid dienone is 2. The molecule has 0 saturated heterocycles. The van der Waals surface area contributed by atoms with Crippen molar-refractivity contribution < 1.29 is 0 Å². The zero-order valence-electron chi connectivity index (χ0n) is 18.8. The van der Waals surface area contributed by atoms with E-state index in [2.05, 4.69) is 146 Å². The van der Waals surface area contributed by atoms with Gasteiger partial charge in [0.1, 0.15) is 4.45 Å². The number of aryl methyl sites for hydroxylation is 1. The first-order valence-corrected chi connectivity index (χ1v) is 11.7. The third-order valence-corrected chi connectivity index (χ3v) is 6.79. The van der Waals surface area contributed by atoms with Crippen molar-refractivity contribution in [3.8, 4) is 0 Å². The van der Waals surface area contributed by atoms with Crippen molar-refractivity contribution in [1.82, 2.24) is 0 Å². The molecule has 1 aliphatic carbocycles. The molecule has 31 heavy (non-hydrogen) atoms. The van der Waals surface area contributed by atoms with E-state index < -0.39 is 0 Å². The van der Waals surface area contributed by atoms with Gasteiger partial charge in [0.05, 0.1) is 0 Å². The quantitative estimate of drug-likeness (QED) is 0.272. The topological polar surface area (TPSA) is 3.24 Å². The summed E-state index contributed by atoms with van der Waals surface area (Å²) in [6.45, 7) is 8.90. The van der Waals surface area contributed by atoms with Gasteiger partial charge in [-0.1, -0.05) is 109 Å². The second kappa shape index (κ2) is 8.51. The van der Waals surface area contributed by atoms with E-state index in [-0.39, 0.29) is 9.86 Å². The standard InChI is InChI=1S/C29H30BrN/c1-22-12-16-26(17-13-22)31(27-18-14-25(15-19-27)28(2,3)4)29(30)20-8-11-24(21-29)23-9-6-5-7-10-23/h5-20H,21H2,1-4H3. The summed E-state index contributed by atoms with van der Waals surface area (Å²) in [6, 6.07) is 28.5. The van der Waals surface area contributed by atoms with E-state index in [9.17, 15) is 0 Å². The minimum atomic E-state index is -0.356. The Morgan fingerprint density at radius 3 is 1.97 bits per heavy atom. The summed E-state index contributed by atoms with van der Waals surface area (Å²) in [6.07, 6.45) is 7.52. The Kier molecular flexibility index (Phi) is 5.94. The van der Waals surface area contributed by atoms with Crippen molar-refractivity contribution in [1.29, 1.82) is 0 Å². The maximum absolute atomic E-state index is 4.15. The van der Waals surface area contributed by atoms with Crippen LogP contribution in [-0.4, -0.2) is 4.45 Å². The Balaban J connectivity index is 1.77. The van der Waals surface area contributed by atoms with Gasteiger partial charge in [-0.15, -0.1) is 0 Å². The average molecular weight is 472 g/mol. The van der Waals surface area contributed by atoms with Gasteiger partial charge in [0.2, 0.25) is 0 Å². The van der Waals surface area contributed by atoms with Crippen LogP contribution in [0.3, 0.4) is 0 Å². The van der Waals surface area contributed by atoms with Gasteiger partial charge < -0.3 is 4.90 Å². The van der Waals surface area contributed by atoms with Crippen LogP contribution in [0.15, 0.2) is 97.1 Å². The van der Waals surface area contributed by atoms with Crippen LogP contribution in [0, 0.1) is 6.92 Å². The van der Waals surface area contributed by atoms with E-state index in [0.717, 1.165) is 6.42 Å². The van der Waals surface area contributed by atoms with Crippen molar-refractivity contribution in [2.24, 2.45) is 0 Å². The van der Waals surface area contributed by atoms with Gasteiger partial charge in [0.15, 0.2) is 0 Å². The van der Waals surface area contributed by atoms with E-state index in [1.165, 1.54) is 33.6 Å². The highest BCUT2D eigenvalue weighted by atomic mass is 79.9. The Hall–Kier alpha value is -2.58. The van der Waals surface area contributed by atoms with Crippen molar-refractivity contribution >= 4 is 32.9 Å². The lowest BCUT2D eigenvalue weighted by atomic mass is 9.87. The molecule has 1 aliphatic rings. The molecule has 0 heterocycles. The predicted molar refractivity (Wildman–Crippen MR) is 138 cm³/mol. The van der Waals surface area contributed by atoms with Gasteiger partial charge in [0.25, 0.3) is 0 Å². The fraction of sp³-hybridized carbons (Fsp3) is 0.241. The van der Waals surface area contributed by atoms with Gasteiger partial charge in [-0.3, -0.25) is 0 Å². The average Bonchev–Trinajstić information content (AvgIpc) is 2.76. The normalized spacial score (nSPS) is 18.5. The lowest BCUT2D eigenvalue weighted by Crippen LogP contribution is -2.40. The van der Waals surface area contributed by atoms with E-state index in [4.69, 9.17) is 0 Å². The number of alkyl halides is 1. The molecule has 0 bridgehead atoms. The van der Waals surface area contributed by atoms with Gasteiger partial charge >= 0.3 is 0 Å². The molecule has 0 radical (unpaired) electrons. The highest BCUT2D eigenvalue weighted by Crippen LogP contribution is 2.45. The fourth-order valence-corrected chi connectivity index (χ4v) is 4.95. The minimum Gasteiger partial charge on any atom is -0.322 e. The SMILES string of the molecule is Cc1ccc(N(c2ccc(C(C)(C)C)cc2)C2(Br)C=CC=C(c3ccccc3)C2)cc1. The van der Waals surface area contributed by atoms with Crippen LogP contribution in [0.4, 0.5) is 11.4 Å². The van der Waals surface area contributed by atoms with Crippen molar-refractivity contribution in [2.45, 2.75) is 44.0 Å². The Morgan fingerprint density at radius 1 is 0.806 bits per heavy atom. The minimum absolute atomic E-state index is 0.132. The van der Waals surface area contributed by atoms with Gasteiger partial charge in [-0.05, 0) is 59.4 Å². The molecule has 0 spiro atoms. The summed E-state index contributed by atoms with van der Waals surface area (Å²) in [4.78, 5) is 2.41. The molecule has 3 aromatic rings. The van der Waals surface area contributed by atoms with Crippen LogP contribution in [0.1, 0.15) is 43.9 Å². The summed E-state index contributed by atoms with van der Waals surface area (Å²) in [5.74, 6) is 0. The van der Waals surface area contributed by atoms with Gasteiger partial charge in [0, 0.05) is 17.8 Å². The van der Waals surface area contributed by atoms with E-state index in [0.29, 0.717) is 0 Å². The first-order valence-electron chi connectivity index (χ1n) is 10.9. The maximum atomic E-state index is 4.15. The molecule has 0 saturated carbocycles. The zero-order valence-corrected chi connectivity index (χ0v) is 20.4. The molecular weight excluding hydrogens is 442 g/mol. The third-order valence-electron chi connectivity index (χ3n) is 5.89. The van der Waals surface area contributed by atoms with Gasteiger partial charge in [-0.25, -0.2) is 0 Å². The Bertz CT molecular complexity index is 1090. The van der Waals surface area contributed by atoms with Crippen molar-refractivity contribution in [3.05, 3.63) is 114 Å². The van der Waals surface area contributed by atoms with E-state index >= 15 is 0 Å². The molecule has 0 aromatic heterocycles. The highest BCUT2D eigenvalue weighted by Gasteiger charge is 2.35. The maximum Gasteiger partial charge on any atom is 0.123 e. The number of rotatable bonds is 4. The number of benzene rings is 3. The molecule has 0 N–H and O–H groups in total. The molecule has 1 atom stereocenters. The van der Waals surface area contributed by atoms with Gasteiger partial charge in [-0.2, -0.15) is 0 Å². The molecule has 1 nitrogen and oxygen atoms in total. The number of nitrogens with zero attached hydrogens (tertiary/aromatic N) is 1. The third kappa shape index (κ3) is 4.70. The van der Waals surface area contributed by atoms with E-state index in [1.807, 2.05) is 0 Å². The van der Waals surface area contributed by atoms with Crippen LogP contribution in [0.2, 0.25) is 0 Å². The van der Waals surface area contributed by atoms with Crippen LogP contribution in [0.5, 0.6) is 0 Å². The van der Waals surface area contributed by atoms with Crippen LogP contribution < -0.4 is 4.90 Å². The summed E-state index contributed by atoms with van der Waals surface area (Å²) < 4.78 is -0.356. The summed E-state index contributed by atoms with van der Waals surface area (Å²) in [5, 5.41) is 0. The first-order chi connectivity index (χ1) is 14.8. The number of hydrogen-bond donors (Lipinski definition) is 0. The Labute approximate surface area is 195 Å². The lowest BCUT2D eigenvalue weighted by Gasteiger charge is -2.41. The molecule has 4 rings (SSSR count). The molecule has 2 heteroatoms. The monoisotopic (exact) mass is 471 g/mol. The van der Waals surface area contributed by atoms with Crippen molar-refractivity contribution in [3.63, 3.8) is 0 Å². The Morgan fingerprint density at radius 2 is 1.39 bits per heavy atom. The smallest absolute Gasteiger partial charge is 0.123 e. The molecule has 1 unspecified atom stereocenters. The number of hydrogen-bond acceptors (Lipinski definition) is 1. The first kappa shape index (κ1) is 21.6. The molecule has 0 fully saturated rings. The predicted octanol–water partition coefficient (Wildman–Crippen LogP) is 8.57. The lowest BCUT2D eigenvalue weighted by molar-refractivity contribution is 0.590. The van der Waals surface area contributed by atoms with Crippen LogP contribution in [0.25, 0.3) is 5.57 Å². The molecule has 0 amide bonds. The summed E-state index contributed by atoms with van der Waals surface area (Å²) in [5.41, 5.74) is 7.67. The van der Waals surface area contributed by atoms with E-state index in [1.54, 1.807) is 0 Å².